The smallest absolute Gasteiger partial charge is 0.324 e. The van der Waals surface area contributed by atoms with Gasteiger partial charge in [-0.2, -0.15) is 4.31 Å². The Balaban J connectivity index is 2.31. The van der Waals surface area contributed by atoms with Crippen LogP contribution in [0.15, 0.2) is 23.2 Å². The Bertz CT molecular complexity index is 600. The second kappa shape index (κ2) is 6.40. The third-order valence-corrected chi connectivity index (χ3v) is 5.27. The lowest BCUT2D eigenvalue weighted by molar-refractivity contribution is -0.148. The topological polar surface area (TPSA) is 103 Å². The van der Waals surface area contributed by atoms with Crippen molar-refractivity contribution in [3.63, 3.8) is 0 Å². The van der Waals surface area contributed by atoms with Crippen molar-refractivity contribution in [1.82, 2.24) is 9.29 Å². The standard InChI is InChI=1S/C13H19N3O4S/c1-2-20-13(17)11-5-3-4-8-16(11)21(18,19)10-6-7-12(14)15-9-10/h6-7,9,11H,2-5,8H2,1H3,(H2,14,15). The minimum absolute atomic E-state index is 0.0351. The van der Waals surface area contributed by atoms with Crippen molar-refractivity contribution in [2.75, 3.05) is 18.9 Å². The molecule has 0 radical (unpaired) electrons. The van der Waals surface area contributed by atoms with Crippen LogP contribution in [0.1, 0.15) is 26.2 Å². The second-order valence-electron chi connectivity index (χ2n) is 4.80. The van der Waals surface area contributed by atoms with E-state index in [4.69, 9.17) is 10.5 Å². The van der Waals surface area contributed by atoms with Gasteiger partial charge in [-0.1, -0.05) is 0 Å². The molecule has 2 heterocycles. The summed E-state index contributed by atoms with van der Waals surface area (Å²) in [7, 11) is -3.78. The molecule has 1 aliphatic heterocycles. The van der Waals surface area contributed by atoms with Crippen molar-refractivity contribution in [3.05, 3.63) is 18.3 Å². The van der Waals surface area contributed by atoms with Crippen molar-refractivity contribution in [3.8, 4) is 0 Å². The number of piperidine rings is 1. The highest BCUT2D eigenvalue weighted by Crippen LogP contribution is 2.26. The van der Waals surface area contributed by atoms with Crippen LogP contribution in [0.2, 0.25) is 0 Å². The predicted molar refractivity (Wildman–Crippen MR) is 76.8 cm³/mol. The number of pyridine rings is 1. The average molecular weight is 313 g/mol. The number of anilines is 1. The van der Waals surface area contributed by atoms with Crippen molar-refractivity contribution >= 4 is 21.8 Å². The molecule has 8 heteroatoms. The number of carbonyl (C=O) groups excluding carboxylic acids is 1. The highest BCUT2D eigenvalue weighted by atomic mass is 32.2. The van der Waals surface area contributed by atoms with Crippen molar-refractivity contribution < 1.29 is 17.9 Å². The van der Waals surface area contributed by atoms with Crippen molar-refractivity contribution in [2.45, 2.75) is 37.1 Å². The molecule has 0 amide bonds. The van der Waals surface area contributed by atoms with Gasteiger partial charge in [0.05, 0.1) is 6.61 Å². The Morgan fingerprint density at radius 1 is 1.48 bits per heavy atom. The molecule has 0 saturated carbocycles. The number of ether oxygens (including phenoxy) is 1. The summed E-state index contributed by atoms with van der Waals surface area (Å²) in [5.74, 6) is -0.251. The zero-order valence-electron chi connectivity index (χ0n) is 11.9. The predicted octanol–water partition coefficient (Wildman–Crippen LogP) is 0.770. The summed E-state index contributed by atoms with van der Waals surface area (Å²) < 4.78 is 31.5. The van der Waals surface area contributed by atoms with E-state index in [-0.39, 0.29) is 17.3 Å². The number of hydrogen-bond acceptors (Lipinski definition) is 6. The first kappa shape index (κ1) is 15.7. The first-order chi connectivity index (χ1) is 9.96. The van der Waals surface area contributed by atoms with Crippen LogP contribution in [0.25, 0.3) is 0 Å². The summed E-state index contributed by atoms with van der Waals surface area (Å²) >= 11 is 0. The van der Waals surface area contributed by atoms with Crippen molar-refractivity contribution in [2.24, 2.45) is 0 Å². The van der Waals surface area contributed by atoms with Gasteiger partial charge < -0.3 is 10.5 Å². The number of hydrogen-bond donors (Lipinski definition) is 1. The summed E-state index contributed by atoms with van der Waals surface area (Å²) in [6, 6.07) is 2.06. The Morgan fingerprint density at radius 3 is 2.86 bits per heavy atom. The van der Waals surface area contributed by atoms with Crippen LogP contribution in [0.3, 0.4) is 0 Å². The maximum Gasteiger partial charge on any atom is 0.324 e. The van der Waals surface area contributed by atoms with Crippen LogP contribution in [0.5, 0.6) is 0 Å². The van der Waals surface area contributed by atoms with Crippen molar-refractivity contribution in [1.29, 1.82) is 0 Å². The molecular weight excluding hydrogens is 294 g/mol. The molecule has 1 aliphatic rings. The number of nitrogens with two attached hydrogens (primary N) is 1. The number of nitrogen functional groups attached to an aromatic ring is 1. The minimum atomic E-state index is -3.78. The second-order valence-corrected chi connectivity index (χ2v) is 6.69. The zero-order valence-corrected chi connectivity index (χ0v) is 12.7. The van der Waals surface area contributed by atoms with E-state index in [1.54, 1.807) is 6.92 Å². The van der Waals surface area contributed by atoms with Gasteiger partial charge in [0, 0.05) is 12.7 Å². The van der Waals surface area contributed by atoms with Crippen LogP contribution in [-0.2, 0) is 19.6 Å². The number of rotatable bonds is 4. The Morgan fingerprint density at radius 2 is 2.24 bits per heavy atom. The number of nitrogens with zero attached hydrogens (tertiary/aromatic N) is 2. The van der Waals surface area contributed by atoms with E-state index in [9.17, 15) is 13.2 Å². The van der Waals surface area contributed by atoms with E-state index in [0.717, 1.165) is 12.8 Å². The van der Waals surface area contributed by atoms with Crippen LogP contribution < -0.4 is 5.73 Å². The maximum absolute atomic E-state index is 12.7. The normalized spacial score (nSPS) is 20.1. The third kappa shape index (κ3) is 3.33. The van der Waals surface area contributed by atoms with Gasteiger partial charge in [0.1, 0.15) is 16.8 Å². The lowest BCUT2D eigenvalue weighted by Gasteiger charge is -2.32. The van der Waals surface area contributed by atoms with Gasteiger partial charge >= 0.3 is 5.97 Å². The largest absolute Gasteiger partial charge is 0.465 e. The fourth-order valence-corrected chi connectivity index (χ4v) is 3.94. The molecule has 1 aromatic heterocycles. The summed E-state index contributed by atoms with van der Waals surface area (Å²) in [4.78, 5) is 15.8. The third-order valence-electron chi connectivity index (χ3n) is 3.38. The van der Waals surface area contributed by atoms with E-state index in [2.05, 4.69) is 4.98 Å². The van der Waals surface area contributed by atoms with Gasteiger partial charge in [-0.15, -0.1) is 0 Å². The van der Waals surface area contributed by atoms with Gasteiger partial charge in [-0.25, -0.2) is 13.4 Å². The summed E-state index contributed by atoms with van der Waals surface area (Å²) in [5, 5.41) is 0. The molecule has 1 saturated heterocycles. The summed E-state index contributed by atoms with van der Waals surface area (Å²) in [6.45, 7) is 2.23. The molecule has 1 aromatic rings. The molecule has 1 unspecified atom stereocenters. The quantitative estimate of drug-likeness (QED) is 0.824. The lowest BCUT2D eigenvalue weighted by Crippen LogP contribution is -2.48. The van der Waals surface area contributed by atoms with E-state index < -0.39 is 22.0 Å². The number of carbonyl (C=O) groups is 1. The number of esters is 1. The van der Waals surface area contributed by atoms with Crippen LogP contribution >= 0.6 is 0 Å². The van der Waals surface area contributed by atoms with E-state index in [0.29, 0.717) is 13.0 Å². The molecule has 21 heavy (non-hydrogen) atoms. The fourth-order valence-electron chi connectivity index (χ4n) is 2.35. The Labute approximate surface area is 124 Å². The Hall–Kier alpha value is -1.67. The van der Waals surface area contributed by atoms with Crippen LogP contribution in [0.4, 0.5) is 5.82 Å². The lowest BCUT2D eigenvalue weighted by atomic mass is 10.1. The first-order valence-electron chi connectivity index (χ1n) is 6.87. The first-order valence-corrected chi connectivity index (χ1v) is 8.31. The van der Waals surface area contributed by atoms with Gasteiger partial charge in [0.25, 0.3) is 0 Å². The average Bonchev–Trinajstić information content (AvgIpc) is 2.48. The summed E-state index contributed by atoms with van der Waals surface area (Å²) in [5.41, 5.74) is 5.47. The molecule has 7 nitrogen and oxygen atoms in total. The summed E-state index contributed by atoms with van der Waals surface area (Å²) in [6.07, 6.45) is 3.20. The van der Waals surface area contributed by atoms with Gasteiger partial charge in [0.2, 0.25) is 10.0 Å². The Kier molecular flexibility index (Phi) is 4.79. The van der Waals surface area contributed by atoms with Gasteiger partial charge in [0.15, 0.2) is 0 Å². The molecule has 1 atom stereocenters. The molecule has 2 N–H and O–H groups in total. The monoisotopic (exact) mass is 313 g/mol. The maximum atomic E-state index is 12.7. The highest BCUT2D eigenvalue weighted by molar-refractivity contribution is 7.89. The fraction of sp³-hybridized carbons (Fsp3) is 0.538. The number of sulfonamides is 1. The molecule has 116 valence electrons. The van der Waals surface area contributed by atoms with E-state index >= 15 is 0 Å². The molecule has 0 spiro atoms. The van der Waals surface area contributed by atoms with E-state index in [1.165, 1.54) is 22.6 Å². The molecule has 0 bridgehead atoms. The molecule has 1 fully saturated rings. The number of aromatic nitrogens is 1. The molecule has 0 aromatic carbocycles. The zero-order chi connectivity index (χ0) is 15.5. The minimum Gasteiger partial charge on any atom is -0.465 e. The molecule has 2 rings (SSSR count). The van der Waals surface area contributed by atoms with Gasteiger partial charge in [-0.3, -0.25) is 4.79 Å². The van der Waals surface area contributed by atoms with E-state index in [1.807, 2.05) is 0 Å². The van der Waals surface area contributed by atoms with Gasteiger partial charge in [-0.05, 0) is 38.3 Å². The molecule has 0 aliphatic carbocycles. The van der Waals surface area contributed by atoms with Crippen LogP contribution in [-0.4, -0.2) is 42.9 Å². The van der Waals surface area contributed by atoms with Crippen LogP contribution in [0, 0.1) is 0 Å². The highest BCUT2D eigenvalue weighted by Gasteiger charge is 2.38. The SMILES string of the molecule is CCOC(=O)C1CCCCN1S(=O)(=O)c1ccc(N)nc1. The molecular formula is C13H19N3O4S.